The molecular formula is C13H16N2O6. The lowest BCUT2D eigenvalue weighted by molar-refractivity contribution is -0.384. The molecule has 0 spiro atoms. The molecule has 114 valence electrons. The lowest BCUT2D eigenvalue weighted by atomic mass is 10.3. The molecular weight excluding hydrogens is 280 g/mol. The smallest absolute Gasteiger partial charge is 0.303 e. The van der Waals surface area contributed by atoms with Crippen molar-refractivity contribution in [2.24, 2.45) is 0 Å². The van der Waals surface area contributed by atoms with Crippen LogP contribution >= 0.6 is 0 Å². The number of amides is 1. The maximum Gasteiger partial charge on any atom is 0.303 e. The molecule has 0 radical (unpaired) electrons. The molecule has 0 saturated carbocycles. The summed E-state index contributed by atoms with van der Waals surface area (Å²) in [6.07, 6.45) is 0.345. The highest BCUT2D eigenvalue weighted by atomic mass is 16.6. The van der Waals surface area contributed by atoms with E-state index in [0.717, 1.165) is 0 Å². The number of likely N-dealkylation sites (N-methyl/N-ethyl adjacent to an activating group) is 1. The number of non-ortho nitro benzene ring substituents is 1. The normalized spacial score (nSPS) is 9.95. The van der Waals surface area contributed by atoms with Crippen molar-refractivity contribution in [3.05, 3.63) is 34.4 Å². The van der Waals surface area contributed by atoms with Crippen LogP contribution in [-0.2, 0) is 9.59 Å². The molecule has 0 bridgehead atoms. The summed E-state index contributed by atoms with van der Waals surface area (Å²) in [4.78, 5) is 33.5. The second kappa shape index (κ2) is 7.83. The highest BCUT2D eigenvalue weighted by molar-refractivity contribution is 5.77. The molecule has 0 unspecified atom stereocenters. The van der Waals surface area contributed by atoms with Crippen LogP contribution in [-0.4, -0.2) is 47.0 Å². The molecule has 0 fully saturated rings. The van der Waals surface area contributed by atoms with Crippen molar-refractivity contribution in [1.82, 2.24) is 4.90 Å². The number of carbonyl (C=O) groups is 2. The molecule has 0 aliphatic rings. The molecule has 0 saturated heterocycles. The minimum atomic E-state index is -0.913. The Labute approximate surface area is 121 Å². The summed E-state index contributed by atoms with van der Waals surface area (Å²) in [5, 5.41) is 19.1. The molecule has 1 aromatic rings. The quantitative estimate of drug-likeness (QED) is 0.572. The Morgan fingerprint density at radius 3 is 2.76 bits per heavy atom. The molecule has 8 nitrogen and oxygen atoms in total. The number of rotatable bonds is 8. The largest absolute Gasteiger partial charge is 0.484 e. The molecule has 1 rings (SSSR count). The van der Waals surface area contributed by atoms with Crippen molar-refractivity contribution in [3.8, 4) is 5.75 Å². The molecule has 8 heteroatoms. The highest BCUT2D eigenvalue weighted by Gasteiger charge is 2.11. The van der Waals surface area contributed by atoms with Crippen molar-refractivity contribution in [1.29, 1.82) is 0 Å². The Hall–Kier alpha value is -2.64. The summed E-state index contributed by atoms with van der Waals surface area (Å²) >= 11 is 0. The van der Waals surface area contributed by atoms with Crippen LogP contribution in [0.5, 0.6) is 5.75 Å². The van der Waals surface area contributed by atoms with Gasteiger partial charge in [0.05, 0.1) is 11.0 Å². The van der Waals surface area contributed by atoms with Crippen molar-refractivity contribution >= 4 is 17.6 Å². The number of carboxylic acid groups (broad SMARTS) is 1. The zero-order chi connectivity index (χ0) is 15.8. The van der Waals surface area contributed by atoms with E-state index < -0.39 is 10.9 Å². The van der Waals surface area contributed by atoms with Gasteiger partial charge in [-0.3, -0.25) is 19.7 Å². The van der Waals surface area contributed by atoms with Gasteiger partial charge in [0, 0.05) is 26.1 Å². The third kappa shape index (κ3) is 5.89. The van der Waals surface area contributed by atoms with Gasteiger partial charge in [0.1, 0.15) is 5.75 Å². The minimum Gasteiger partial charge on any atom is -0.484 e. The molecule has 1 aromatic carbocycles. The zero-order valence-corrected chi connectivity index (χ0v) is 11.5. The lowest BCUT2D eigenvalue weighted by Crippen LogP contribution is -2.32. The fraction of sp³-hybridized carbons (Fsp3) is 0.385. The van der Waals surface area contributed by atoms with E-state index in [9.17, 15) is 19.7 Å². The van der Waals surface area contributed by atoms with Gasteiger partial charge in [-0.1, -0.05) is 6.07 Å². The van der Waals surface area contributed by atoms with E-state index in [2.05, 4.69) is 0 Å². The maximum absolute atomic E-state index is 11.7. The Morgan fingerprint density at radius 2 is 2.14 bits per heavy atom. The summed E-state index contributed by atoms with van der Waals surface area (Å²) < 4.78 is 5.20. The molecule has 0 aliphatic heterocycles. The first kappa shape index (κ1) is 16.4. The lowest BCUT2D eigenvalue weighted by Gasteiger charge is -2.16. The highest BCUT2D eigenvalue weighted by Crippen LogP contribution is 2.18. The third-order valence-electron chi connectivity index (χ3n) is 2.70. The minimum absolute atomic E-state index is 0.0106. The van der Waals surface area contributed by atoms with Gasteiger partial charge in [-0.25, -0.2) is 0 Å². The number of nitrogens with zero attached hydrogens (tertiary/aromatic N) is 2. The van der Waals surface area contributed by atoms with Gasteiger partial charge in [0.2, 0.25) is 0 Å². The summed E-state index contributed by atoms with van der Waals surface area (Å²) in [7, 11) is 1.54. The van der Waals surface area contributed by atoms with E-state index in [-0.39, 0.29) is 30.4 Å². The number of benzene rings is 1. The van der Waals surface area contributed by atoms with Gasteiger partial charge in [0.15, 0.2) is 6.61 Å². The first-order valence-electron chi connectivity index (χ1n) is 6.23. The summed E-state index contributed by atoms with van der Waals surface area (Å²) in [5.74, 6) is -1.01. The average molecular weight is 296 g/mol. The molecule has 0 aromatic heterocycles. The van der Waals surface area contributed by atoms with Crippen LogP contribution < -0.4 is 4.74 Å². The van der Waals surface area contributed by atoms with Crippen LogP contribution in [0.1, 0.15) is 12.8 Å². The number of hydrogen-bond acceptors (Lipinski definition) is 5. The van der Waals surface area contributed by atoms with Crippen LogP contribution in [0, 0.1) is 10.1 Å². The SMILES string of the molecule is CN(CCCC(=O)O)C(=O)COc1cccc([N+](=O)[O-])c1. The molecule has 1 amide bonds. The second-order valence-corrected chi connectivity index (χ2v) is 4.36. The number of aliphatic carboxylic acids is 1. The van der Waals surface area contributed by atoms with Crippen molar-refractivity contribution in [2.45, 2.75) is 12.8 Å². The number of nitro groups is 1. The second-order valence-electron chi connectivity index (χ2n) is 4.36. The Kier molecular flexibility index (Phi) is 6.12. The van der Waals surface area contributed by atoms with E-state index in [1.165, 1.54) is 29.2 Å². The maximum atomic E-state index is 11.7. The van der Waals surface area contributed by atoms with E-state index in [4.69, 9.17) is 9.84 Å². The van der Waals surface area contributed by atoms with Crippen LogP contribution in [0.15, 0.2) is 24.3 Å². The molecule has 0 atom stereocenters. The summed E-state index contributed by atoms with van der Waals surface area (Å²) in [6.45, 7) is 0.0498. The van der Waals surface area contributed by atoms with Gasteiger partial charge in [0.25, 0.3) is 11.6 Å². The fourth-order valence-electron chi connectivity index (χ4n) is 1.53. The molecule has 1 N–H and O–H groups in total. The number of hydrogen-bond donors (Lipinski definition) is 1. The summed E-state index contributed by atoms with van der Waals surface area (Å²) in [5.41, 5.74) is -0.116. The predicted molar refractivity (Wildman–Crippen MR) is 73.1 cm³/mol. The van der Waals surface area contributed by atoms with Gasteiger partial charge < -0.3 is 14.7 Å². The van der Waals surface area contributed by atoms with Crippen LogP contribution in [0.25, 0.3) is 0 Å². The van der Waals surface area contributed by atoms with Crippen LogP contribution in [0.4, 0.5) is 5.69 Å². The zero-order valence-electron chi connectivity index (χ0n) is 11.5. The van der Waals surface area contributed by atoms with Crippen molar-refractivity contribution in [3.63, 3.8) is 0 Å². The van der Waals surface area contributed by atoms with Crippen LogP contribution in [0.3, 0.4) is 0 Å². The number of ether oxygens (including phenoxy) is 1. The molecule has 0 heterocycles. The Balaban J connectivity index is 2.43. The molecule has 0 aliphatic carbocycles. The predicted octanol–water partition coefficient (Wildman–Crippen LogP) is 1.30. The van der Waals surface area contributed by atoms with Gasteiger partial charge in [-0.2, -0.15) is 0 Å². The standard InChI is InChI=1S/C13H16N2O6/c1-14(7-3-6-13(17)18)12(16)9-21-11-5-2-4-10(8-11)15(19)20/h2,4-5,8H,3,6-7,9H2,1H3,(H,17,18). The average Bonchev–Trinajstić information content (AvgIpc) is 2.44. The first-order valence-corrected chi connectivity index (χ1v) is 6.23. The number of carboxylic acids is 1. The Morgan fingerprint density at radius 1 is 1.43 bits per heavy atom. The van der Waals surface area contributed by atoms with E-state index >= 15 is 0 Å². The van der Waals surface area contributed by atoms with Gasteiger partial charge >= 0.3 is 5.97 Å². The van der Waals surface area contributed by atoms with E-state index in [0.29, 0.717) is 13.0 Å². The first-order chi connectivity index (χ1) is 9.90. The molecule has 21 heavy (non-hydrogen) atoms. The fourth-order valence-corrected chi connectivity index (χ4v) is 1.53. The number of carbonyl (C=O) groups excluding carboxylic acids is 1. The monoisotopic (exact) mass is 296 g/mol. The summed E-state index contributed by atoms with van der Waals surface area (Å²) in [6, 6.07) is 5.55. The van der Waals surface area contributed by atoms with E-state index in [1.807, 2.05) is 0 Å². The topological polar surface area (TPSA) is 110 Å². The van der Waals surface area contributed by atoms with Crippen molar-refractivity contribution in [2.75, 3.05) is 20.2 Å². The third-order valence-corrected chi connectivity index (χ3v) is 2.70. The van der Waals surface area contributed by atoms with Crippen molar-refractivity contribution < 1.29 is 24.4 Å². The van der Waals surface area contributed by atoms with Gasteiger partial charge in [-0.15, -0.1) is 0 Å². The van der Waals surface area contributed by atoms with E-state index in [1.54, 1.807) is 7.05 Å². The Bertz CT molecular complexity index is 531. The van der Waals surface area contributed by atoms with Crippen LogP contribution in [0.2, 0.25) is 0 Å². The van der Waals surface area contributed by atoms with Gasteiger partial charge in [-0.05, 0) is 12.5 Å². The number of nitro benzene ring substituents is 1.